The summed E-state index contributed by atoms with van der Waals surface area (Å²) in [6.45, 7) is 21.7. The summed E-state index contributed by atoms with van der Waals surface area (Å²) in [5.74, 6) is 0.632. The Morgan fingerprint density at radius 2 is 1.41 bits per heavy atom. The number of aromatic nitrogens is 2. The first-order chi connectivity index (χ1) is 21.5. The Kier molecular flexibility index (Phi) is 32.5. The lowest BCUT2D eigenvalue weighted by atomic mass is 10.1. The van der Waals surface area contributed by atoms with Crippen molar-refractivity contribution in [3.8, 4) is 5.88 Å². The van der Waals surface area contributed by atoms with Crippen LogP contribution in [0.4, 0.5) is 4.79 Å². The van der Waals surface area contributed by atoms with Gasteiger partial charge in [-0.25, -0.2) is 13.6 Å². The first-order valence-corrected chi connectivity index (χ1v) is 18.3. The predicted octanol–water partition coefficient (Wildman–Crippen LogP) is 10.4. The minimum absolute atomic E-state index is 0.290. The van der Waals surface area contributed by atoms with Crippen LogP contribution in [0.2, 0.25) is 0 Å². The van der Waals surface area contributed by atoms with Gasteiger partial charge >= 0.3 is 6.16 Å². The van der Waals surface area contributed by atoms with E-state index in [1.807, 2.05) is 27.7 Å². The molecule has 1 unspecified atom stereocenters. The first-order valence-electron chi connectivity index (χ1n) is 16.9. The molecule has 0 N–H and O–H groups in total. The smallest absolute Gasteiger partial charge is 0.475 e. The summed E-state index contributed by atoms with van der Waals surface area (Å²) >= 11 is 2.18. The molecule has 44 heavy (non-hydrogen) atoms. The standard InChI is InChI=1S/C27H48N3O4S.C2H4N2S.2C2H6/c1-4-6-8-10-11-12-13-14-16-21-33-27(31)34-23-30(3)19-17-18-24(22-30)25-26(29-35-28-25)32-20-15-9-7-5-2;1-3-5-4-2;2*1-2/h18H,4-17,19-23H2,1-3H3;1-2H2;2*1-2H3/q+1;;;. The molecular formula is C33H64N5O4S2+. The molecule has 11 heteroatoms. The number of carbonyl (C=O) groups excluding carboxylic acids is 1. The van der Waals surface area contributed by atoms with Crippen LogP contribution >= 0.6 is 23.9 Å². The van der Waals surface area contributed by atoms with E-state index in [4.69, 9.17) is 14.2 Å². The quantitative estimate of drug-likeness (QED) is 0.0426. The summed E-state index contributed by atoms with van der Waals surface area (Å²) in [5, 5.41) is 0. The third-order valence-corrected chi connectivity index (χ3v) is 7.43. The van der Waals surface area contributed by atoms with Gasteiger partial charge in [0.2, 0.25) is 6.73 Å². The number of carbonyl (C=O) groups is 1. The molecule has 2 heterocycles. The van der Waals surface area contributed by atoms with Crippen molar-refractivity contribution in [3.05, 3.63) is 11.8 Å². The van der Waals surface area contributed by atoms with Crippen LogP contribution in [0.3, 0.4) is 0 Å². The van der Waals surface area contributed by atoms with Crippen LogP contribution in [-0.4, -0.2) is 72.9 Å². The molecule has 0 amide bonds. The molecule has 0 radical (unpaired) electrons. The van der Waals surface area contributed by atoms with Gasteiger partial charge in [0.25, 0.3) is 5.88 Å². The SMILES string of the molecule is C=NSN=C.CC.CC.CCCCCCCCCCCOC(=O)OC[N+]1(C)CCC=C(c2nsnc2OCCCCCC)C1. The van der Waals surface area contributed by atoms with Crippen molar-refractivity contribution >= 4 is 49.0 Å². The molecule has 0 spiro atoms. The first kappa shape index (κ1) is 44.1. The topological polar surface area (TPSA) is 95.3 Å². The van der Waals surface area contributed by atoms with Crippen LogP contribution in [0.25, 0.3) is 5.57 Å². The van der Waals surface area contributed by atoms with E-state index in [0.29, 0.717) is 30.3 Å². The van der Waals surface area contributed by atoms with E-state index in [1.165, 1.54) is 75.9 Å². The Hall–Kier alpha value is -1.98. The van der Waals surface area contributed by atoms with E-state index < -0.39 is 6.16 Å². The second-order valence-corrected chi connectivity index (χ2v) is 11.6. The maximum atomic E-state index is 12.1. The average molecular weight is 659 g/mol. The van der Waals surface area contributed by atoms with Gasteiger partial charge in [0, 0.05) is 25.4 Å². The van der Waals surface area contributed by atoms with Gasteiger partial charge < -0.3 is 14.2 Å². The molecule has 0 saturated heterocycles. The fourth-order valence-corrected chi connectivity index (χ4v) is 5.03. The van der Waals surface area contributed by atoms with Gasteiger partial charge in [0.15, 0.2) is 0 Å². The molecular weight excluding hydrogens is 595 g/mol. The molecule has 1 aliphatic heterocycles. The van der Waals surface area contributed by atoms with Crippen LogP contribution < -0.4 is 4.74 Å². The zero-order valence-electron chi connectivity index (χ0n) is 29.1. The van der Waals surface area contributed by atoms with Crippen molar-refractivity contribution < 1.29 is 23.5 Å². The van der Waals surface area contributed by atoms with Crippen molar-refractivity contribution in [2.75, 3.05) is 40.1 Å². The number of hydrogen-bond donors (Lipinski definition) is 0. The minimum atomic E-state index is -0.563. The minimum Gasteiger partial charge on any atom is -0.475 e. The van der Waals surface area contributed by atoms with Gasteiger partial charge in [-0.1, -0.05) is 118 Å². The van der Waals surface area contributed by atoms with Crippen molar-refractivity contribution in [3.63, 3.8) is 0 Å². The van der Waals surface area contributed by atoms with Gasteiger partial charge in [-0.05, 0) is 12.8 Å². The van der Waals surface area contributed by atoms with Crippen molar-refractivity contribution in [1.82, 2.24) is 8.75 Å². The third kappa shape index (κ3) is 23.4. The summed E-state index contributed by atoms with van der Waals surface area (Å²) in [6, 6.07) is 0. The van der Waals surface area contributed by atoms with Crippen molar-refractivity contribution in [2.24, 2.45) is 8.80 Å². The van der Waals surface area contributed by atoms with Crippen molar-refractivity contribution in [2.45, 2.75) is 131 Å². The van der Waals surface area contributed by atoms with Gasteiger partial charge in [-0.15, -0.1) is 4.37 Å². The molecule has 1 aromatic heterocycles. The van der Waals surface area contributed by atoms with E-state index in [2.05, 4.69) is 57.9 Å². The molecule has 2 rings (SSSR count). The van der Waals surface area contributed by atoms with Gasteiger partial charge in [0.05, 0.1) is 38.5 Å². The molecule has 0 aliphatic carbocycles. The maximum Gasteiger partial charge on any atom is 0.512 e. The van der Waals surface area contributed by atoms with E-state index in [1.54, 1.807) is 0 Å². The molecule has 0 saturated carbocycles. The summed E-state index contributed by atoms with van der Waals surface area (Å²) in [5.41, 5.74) is 1.95. The number of unbranched alkanes of at least 4 members (excludes halogenated alkanes) is 11. The fraction of sp³-hybridized carbons (Fsp3) is 0.788. The summed E-state index contributed by atoms with van der Waals surface area (Å²) in [7, 11) is 2.10. The normalized spacial score (nSPS) is 15.1. The average Bonchev–Trinajstić information content (AvgIpc) is 3.52. The monoisotopic (exact) mass is 658 g/mol. The highest BCUT2D eigenvalue weighted by atomic mass is 32.2. The second kappa shape index (κ2) is 32.4. The van der Waals surface area contributed by atoms with E-state index in [9.17, 15) is 4.79 Å². The molecule has 0 bridgehead atoms. The number of rotatable bonds is 21. The van der Waals surface area contributed by atoms with Crippen LogP contribution in [0.15, 0.2) is 14.9 Å². The highest BCUT2D eigenvalue weighted by Crippen LogP contribution is 2.30. The van der Waals surface area contributed by atoms with Crippen LogP contribution in [0, 0.1) is 0 Å². The molecule has 0 aromatic carbocycles. The van der Waals surface area contributed by atoms with E-state index in [-0.39, 0.29) is 0 Å². The Bertz CT molecular complexity index is 848. The Morgan fingerprint density at radius 1 is 0.864 bits per heavy atom. The zero-order valence-corrected chi connectivity index (χ0v) is 30.7. The highest BCUT2D eigenvalue weighted by Gasteiger charge is 2.31. The van der Waals surface area contributed by atoms with Crippen molar-refractivity contribution in [1.29, 1.82) is 0 Å². The summed E-state index contributed by atoms with van der Waals surface area (Å²) < 4.78 is 32.8. The van der Waals surface area contributed by atoms with Crippen LogP contribution in [0.5, 0.6) is 5.88 Å². The van der Waals surface area contributed by atoms with Crippen LogP contribution in [0.1, 0.15) is 137 Å². The molecule has 1 aromatic rings. The number of quaternary nitrogens is 1. The van der Waals surface area contributed by atoms with Gasteiger partial charge in [-0.2, -0.15) is 4.37 Å². The summed E-state index contributed by atoms with van der Waals surface area (Å²) in [4.78, 5) is 12.1. The predicted molar refractivity (Wildman–Crippen MR) is 192 cm³/mol. The lowest BCUT2D eigenvalue weighted by molar-refractivity contribution is -0.919. The Labute approximate surface area is 278 Å². The van der Waals surface area contributed by atoms with E-state index >= 15 is 0 Å². The molecule has 1 aliphatic rings. The maximum absolute atomic E-state index is 12.1. The lowest BCUT2D eigenvalue weighted by Gasteiger charge is -2.36. The largest absolute Gasteiger partial charge is 0.512 e. The molecule has 1 atom stereocenters. The number of ether oxygens (including phenoxy) is 3. The second-order valence-electron chi connectivity index (χ2n) is 10.4. The summed E-state index contributed by atoms with van der Waals surface area (Å²) in [6.07, 6.45) is 18.4. The Balaban J connectivity index is 0. The molecule has 0 fully saturated rings. The molecule has 256 valence electrons. The van der Waals surface area contributed by atoms with E-state index in [0.717, 1.165) is 62.2 Å². The zero-order chi connectivity index (χ0) is 33.3. The molecule has 9 nitrogen and oxygen atoms in total. The van der Waals surface area contributed by atoms with Gasteiger partial charge in [-0.3, -0.25) is 4.48 Å². The highest BCUT2D eigenvalue weighted by molar-refractivity contribution is 7.96. The number of likely N-dealkylation sites (N-methyl/N-ethyl adjacent to an activating group) is 1. The fourth-order valence-electron chi connectivity index (χ4n) is 4.42. The number of nitrogens with zero attached hydrogens (tertiary/aromatic N) is 5. The number of hydrogen-bond acceptors (Lipinski definition) is 10. The Morgan fingerprint density at radius 3 is 1.98 bits per heavy atom. The van der Waals surface area contributed by atoms with Crippen LogP contribution in [-0.2, 0) is 9.47 Å². The lowest BCUT2D eigenvalue weighted by Crippen LogP contribution is -2.49. The van der Waals surface area contributed by atoms with Gasteiger partial charge in [0.1, 0.15) is 24.4 Å². The third-order valence-electron chi connectivity index (χ3n) is 6.69.